The Morgan fingerprint density at radius 2 is 1.81 bits per heavy atom. The molecule has 1 aliphatic rings. The topological polar surface area (TPSA) is 61.4 Å². The first kappa shape index (κ1) is 18.0. The molecule has 0 spiro atoms. The molecule has 0 aromatic heterocycles. The zero-order valence-electron chi connectivity index (χ0n) is 15.7. The zero-order valence-corrected chi connectivity index (χ0v) is 15.7. The molecule has 2 aromatic carbocycles. The molecule has 2 N–H and O–H groups in total. The lowest BCUT2D eigenvalue weighted by atomic mass is 10.1. The summed E-state index contributed by atoms with van der Waals surface area (Å²) in [7, 11) is 0. The second kappa shape index (κ2) is 7.20. The largest absolute Gasteiger partial charge is 0.326 e. The molecule has 3 rings (SSSR count). The summed E-state index contributed by atoms with van der Waals surface area (Å²) in [6.07, 6.45) is 0.603. The normalized spacial score (nSPS) is 16.7. The minimum absolute atomic E-state index is 0.0654. The third-order valence-electron chi connectivity index (χ3n) is 5.17. The number of amides is 3. The van der Waals surface area contributed by atoms with E-state index in [4.69, 9.17) is 0 Å². The van der Waals surface area contributed by atoms with E-state index in [9.17, 15) is 9.59 Å². The van der Waals surface area contributed by atoms with Crippen LogP contribution in [0.4, 0.5) is 16.2 Å². The van der Waals surface area contributed by atoms with Crippen molar-refractivity contribution in [3.63, 3.8) is 0 Å². The molecule has 5 nitrogen and oxygen atoms in total. The molecule has 5 heteroatoms. The molecule has 0 aliphatic carbocycles. The number of carbonyl (C=O) groups excluding carboxylic acids is 2. The van der Waals surface area contributed by atoms with Gasteiger partial charge in [-0.15, -0.1) is 0 Å². The van der Waals surface area contributed by atoms with Crippen molar-refractivity contribution in [1.82, 2.24) is 5.32 Å². The first-order valence-electron chi connectivity index (χ1n) is 8.89. The van der Waals surface area contributed by atoms with Crippen molar-refractivity contribution in [3.05, 3.63) is 58.7 Å². The number of benzene rings is 2. The monoisotopic (exact) mass is 351 g/mol. The van der Waals surface area contributed by atoms with Crippen LogP contribution in [0.15, 0.2) is 36.4 Å². The van der Waals surface area contributed by atoms with Gasteiger partial charge in [-0.3, -0.25) is 4.79 Å². The van der Waals surface area contributed by atoms with Crippen LogP contribution in [0.25, 0.3) is 0 Å². The van der Waals surface area contributed by atoms with Crippen LogP contribution in [0.1, 0.15) is 28.7 Å². The van der Waals surface area contributed by atoms with Crippen molar-refractivity contribution in [1.29, 1.82) is 0 Å². The number of rotatable bonds is 3. The molecule has 0 radical (unpaired) electrons. The average molecular weight is 351 g/mol. The number of carbonyl (C=O) groups is 2. The second-order valence-electron chi connectivity index (χ2n) is 6.95. The molecule has 0 unspecified atom stereocenters. The molecule has 2 aromatic rings. The number of urea groups is 1. The summed E-state index contributed by atoms with van der Waals surface area (Å²) in [4.78, 5) is 26.8. The van der Waals surface area contributed by atoms with Crippen molar-refractivity contribution < 1.29 is 9.59 Å². The van der Waals surface area contributed by atoms with Gasteiger partial charge in [-0.05, 0) is 74.6 Å². The maximum atomic E-state index is 12.7. The highest BCUT2D eigenvalue weighted by atomic mass is 16.2. The van der Waals surface area contributed by atoms with E-state index < -0.39 is 6.04 Å². The smallest absolute Gasteiger partial charge is 0.319 e. The molecule has 1 fully saturated rings. The molecule has 1 aliphatic heterocycles. The van der Waals surface area contributed by atoms with Crippen LogP contribution in [0.2, 0.25) is 0 Å². The standard InChI is InChI=1S/C21H25N3O2/c1-13-8-9-17(12-15(13)3)24-11-10-19(20(24)25)23-21(26)22-18-7-5-6-14(2)16(18)4/h5-9,12,19H,10-11H2,1-4H3,(H2,22,23,26)/t19-/m0/s1. The average Bonchev–Trinajstić information content (AvgIpc) is 2.95. The summed E-state index contributed by atoms with van der Waals surface area (Å²) in [5.74, 6) is -0.0654. The van der Waals surface area contributed by atoms with Crippen LogP contribution >= 0.6 is 0 Å². The first-order valence-corrected chi connectivity index (χ1v) is 8.89. The third kappa shape index (κ3) is 3.57. The molecule has 3 amide bonds. The van der Waals surface area contributed by atoms with Crippen LogP contribution in [0, 0.1) is 27.7 Å². The van der Waals surface area contributed by atoms with Crippen LogP contribution < -0.4 is 15.5 Å². The fourth-order valence-corrected chi connectivity index (χ4v) is 3.17. The van der Waals surface area contributed by atoms with Gasteiger partial charge in [0.25, 0.3) is 0 Å². The second-order valence-corrected chi connectivity index (χ2v) is 6.95. The van der Waals surface area contributed by atoms with Gasteiger partial charge in [0.15, 0.2) is 0 Å². The SMILES string of the molecule is Cc1ccc(N2CC[C@H](NC(=O)Nc3cccc(C)c3C)C2=O)cc1C. The molecule has 1 saturated heterocycles. The summed E-state index contributed by atoms with van der Waals surface area (Å²) >= 11 is 0. The van der Waals surface area contributed by atoms with E-state index >= 15 is 0 Å². The van der Waals surface area contributed by atoms with E-state index in [1.165, 1.54) is 5.56 Å². The fraction of sp³-hybridized carbons (Fsp3) is 0.333. The highest BCUT2D eigenvalue weighted by molar-refractivity contribution is 6.02. The number of nitrogens with zero attached hydrogens (tertiary/aromatic N) is 1. The Morgan fingerprint density at radius 1 is 1.04 bits per heavy atom. The quantitative estimate of drug-likeness (QED) is 0.882. The Hall–Kier alpha value is -2.82. The van der Waals surface area contributed by atoms with E-state index in [1.54, 1.807) is 4.90 Å². The lowest BCUT2D eigenvalue weighted by Crippen LogP contribution is -2.43. The molecule has 1 atom stereocenters. The van der Waals surface area contributed by atoms with Crippen LogP contribution in [-0.4, -0.2) is 24.5 Å². The number of aryl methyl sites for hydroxylation is 3. The van der Waals surface area contributed by atoms with Crippen molar-refractivity contribution in [2.45, 2.75) is 40.2 Å². The van der Waals surface area contributed by atoms with Crippen LogP contribution in [0.5, 0.6) is 0 Å². The molecule has 1 heterocycles. The minimum Gasteiger partial charge on any atom is -0.326 e. The number of nitrogens with one attached hydrogen (secondary N) is 2. The molecule has 26 heavy (non-hydrogen) atoms. The van der Waals surface area contributed by atoms with E-state index in [0.717, 1.165) is 28.1 Å². The van der Waals surface area contributed by atoms with Gasteiger partial charge in [0.1, 0.15) is 6.04 Å². The number of hydrogen-bond acceptors (Lipinski definition) is 2. The lowest BCUT2D eigenvalue weighted by molar-refractivity contribution is -0.118. The van der Waals surface area contributed by atoms with Crippen molar-refractivity contribution >= 4 is 23.3 Å². The Bertz CT molecular complexity index is 860. The summed E-state index contributed by atoms with van der Waals surface area (Å²) in [5.41, 5.74) is 6.14. The first-order chi connectivity index (χ1) is 12.4. The predicted octanol–water partition coefficient (Wildman–Crippen LogP) is 3.85. The van der Waals surface area contributed by atoms with Gasteiger partial charge in [-0.1, -0.05) is 18.2 Å². The fourth-order valence-electron chi connectivity index (χ4n) is 3.17. The maximum Gasteiger partial charge on any atom is 0.319 e. The van der Waals surface area contributed by atoms with Crippen molar-refractivity contribution in [2.75, 3.05) is 16.8 Å². The van der Waals surface area contributed by atoms with E-state index in [2.05, 4.69) is 10.6 Å². The molecule has 0 bridgehead atoms. The minimum atomic E-state index is -0.498. The highest BCUT2D eigenvalue weighted by Crippen LogP contribution is 2.24. The Balaban J connectivity index is 1.66. The van der Waals surface area contributed by atoms with Gasteiger partial charge in [0.2, 0.25) is 5.91 Å². The third-order valence-corrected chi connectivity index (χ3v) is 5.17. The number of anilines is 2. The van der Waals surface area contributed by atoms with E-state index in [-0.39, 0.29) is 11.9 Å². The molecule has 136 valence electrons. The summed E-state index contributed by atoms with van der Waals surface area (Å²) in [5, 5.41) is 5.66. The Labute approximate surface area is 154 Å². The Morgan fingerprint density at radius 3 is 2.54 bits per heavy atom. The van der Waals surface area contributed by atoms with Gasteiger partial charge in [0, 0.05) is 17.9 Å². The highest BCUT2D eigenvalue weighted by Gasteiger charge is 2.33. The van der Waals surface area contributed by atoms with Crippen LogP contribution in [-0.2, 0) is 4.79 Å². The zero-order chi connectivity index (χ0) is 18.8. The van der Waals surface area contributed by atoms with Gasteiger partial charge < -0.3 is 15.5 Å². The summed E-state index contributed by atoms with van der Waals surface area (Å²) in [6, 6.07) is 10.9. The molecular formula is C21H25N3O2. The van der Waals surface area contributed by atoms with Gasteiger partial charge in [-0.25, -0.2) is 4.79 Å². The van der Waals surface area contributed by atoms with E-state index in [1.807, 2.05) is 64.1 Å². The predicted molar refractivity (Wildman–Crippen MR) is 105 cm³/mol. The van der Waals surface area contributed by atoms with Crippen molar-refractivity contribution in [3.8, 4) is 0 Å². The lowest BCUT2D eigenvalue weighted by Gasteiger charge is -2.19. The molecule has 0 saturated carbocycles. The molecular weight excluding hydrogens is 326 g/mol. The Kier molecular flexibility index (Phi) is 4.98. The maximum absolute atomic E-state index is 12.7. The number of hydrogen-bond donors (Lipinski definition) is 2. The van der Waals surface area contributed by atoms with Crippen LogP contribution in [0.3, 0.4) is 0 Å². The van der Waals surface area contributed by atoms with Gasteiger partial charge in [-0.2, -0.15) is 0 Å². The summed E-state index contributed by atoms with van der Waals surface area (Å²) in [6.45, 7) is 8.66. The van der Waals surface area contributed by atoms with E-state index in [0.29, 0.717) is 13.0 Å². The van der Waals surface area contributed by atoms with Gasteiger partial charge >= 0.3 is 6.03 Å². The summed E-state index contributed by atoms with van der Waals surface area (Å²) < 4.78 is 0. The van der Waals surface area contributed by atoms with Crippen molar-refractivity contribution in [2.24, 2.45) is 0 Å². The van der Waals surface area contributed by atoms with Gasteiger partial charge in [0.05, 0.1) is 0 Å².